The van der Waals surface area contributed by atoms with Crippen LogP contribution in [0.2, 0.25) is 0 Å². The monoisotopic (exact) mass is 1210 g/mol. The van der Waals surface area contributed by atoms with Gasteiger partial charge in [-0.1, -0.05) is 400 Å². The molecule has 0 aliphatic carbocycles. The van der Waals surface area contributed by atoms with E-state index in [1.54, 1.807) is 0 Å². The van der Waals surface area contributed by atoms with E-state index in [1.165, 1.54) is 425 Å². The average Bonchev–Trinajstić information content (AvgIpc) is 3.74. The van der Waals surface area contributed by atoms with Crippen molar-refractivity contribution in [3.8, 4) is 0 Å². The van der Waals surface area contributed by atoms with E-state index >= 15 is 0 Å². The molecule has 6 heteroatoms. The third-order valence-electron chi connectivity index (χ3n) is 20.1. The highest BCUT2D eigenvalue weighted by Crippen LogP contribution is 2.20. The second kappa shape index (κ2) is 69.7. The Balaban J connectivity index is 0.000000861. The molecular weight excluding hydrogens is 1050 g/mol. The number of piperazine rings is 2. The highest BCUT2D eigenvalue weighted by Gasteiger charge is 2.23. The number of nitrogens with zero attached hydrogens (tertiary/aromatic N) is 4. The summed E-state index contributed by atoms with van der Waals surface area (Å²) in [6.45, 7) is 20.1. The van der Waals surface area contributed by atoms with Crippen molar-refractivity contribution in [2.24, 2.45) is 0 Å². The van der Waals surface area contributed by atoms with Crippen molar-refractivity contribution in [3.63, 3.8) is 0 Å². The van der Waals surface area contributed by atoms with Crippen molar-refractivity contribution in [3.05, 3.63) is 0 Å². The molecule has 0 atom stereocenters. The SMILES string of the molecule is CCCCCCCCCCCCCCCCCC(=O)N1CCN(C(=O)CCCCCCCCCCCCCCCCC)CC1.CCCCCCCCCCCCCCCCCCN1CCN(CCCCCCCCCCCCCCCCCC)CC1. The minimum absolute atomic E-state index is 0.300. The maximum atomic E-state index is 12.7. The molecule has 0 bridgehead atoms. The van der Waals surface area contributed by atoms with Gasteiger partial charge in [-0.25, -0.2) is 0 Å². The standard InChI is InChI=1S/C40H78N2O2.C40H82N2/c1-3-5-7-9-11-13-15-17-19-21-23-25-27-29-31-33-39(43)41-35-37-42(38-36-41)40(44)34-32-30-28-26-24-22-20-18-16-14-12-10-8-6-4-2;1-3-5-7-9-11-13-15-17-19-21-23-25-27-29-31-33-35-41-37-39-42(40-38-41)36-34-32-30-28-26-24-22-20-18-16-14-12-10-8-6-4-2/h3-38H2,1-2H3;3-40H2,1-2H3. The quantitative estimate of drug-likeness (QED) is 0.0570. The van der Waals surface area contributed by atoms with Crippen molar-refractivity contribution < 1.29 is 9.59 Å². The van der Waals surface area contributed by atoms with Crippen LogP contribution in [0.5, 0.6) is 0 Å². The fraction of sp³-hybridized carbons (Fsp3) is 0.975. The van der Waals surface area contributed by atoms with Crippen LogP contribution in [-0.2, 0) is 9.59 Å². The number of amides is 2. The molecule has 0 radical (unpaired) electrons. The molecule has 0 N–H and O–H groups in total. The van der Waals surface area contributed by atoms with E-state index in [-0.39, 0.29) is 0 Å². The predicted molar refractivity (Wildman–Crippen MR) is 384 cm³/mol. The molecule has 0 unspecified atom stereocenters. The van der Waals surface area contributed by atoms with Gasteiger partial charge in [0.2, 0.25) is 11.8 Å². The Kier molecular flexibility index (Phi) is 67.2. The summed E-state index contributed by atoms with van der Waals surface area (Å²) in [5.74, 6) is 0.600. The third kappa shape index (κ3) is 59.2. The summed E-state index contributed by atoms with van der Waals surface area (Å²) in [5.41, 5.74) is 0. The van der Waals surface area contributed by atoms with Crippen LogP contribution in [-0.4, -0.2) is 96.9 Å². The van der Waals surface area contributed by atoms with E-state index in [1.807, 2.05) is 9.80 Å². The summed E-state index contributed by atoms with van der Waals surface area (Å²) >= 11 is 0. The van der Waals surface area contributed by atoms with Gasteiger partial charge in [-0.2, -0.15) is 0 Å². The van der Waals surface area contributed by atoms with Crippen LogP contribution in [0, 0.1) is 0 Å². The minimum atomic E-state index is 0.300. The first-order valence-electron chi connectivity index (χ1n) is 40.6. The molecule has 2 aliphatic rings. The minimum Gasteiger partial charge on any atom is -0.339 e. The van der Waals surface area contributed by atoms with Gasteiger partial charge in [0, 0.05) is 65.2 Å². The zero-order valence-electron chi connectivity index (χ0n) is 59.9. The van der Waals surface area contributed by atoms with Gasteiger partial charge >= 0.3 is 0 Å². The Morgan fingerprint density at radius 3 is 0.488 bits per heavy atom. The highest BCUT2D eigenvalue weighted by atomic mass is 16.2. The summed E-state index contributed by atoms with van der Waals surface area (Å²) in [5, 5.41) is 0. The predicted octanol–water partition coefficient (Wildman–Crippen LogP) is 25.3. The lowest BCUT2D eigenvalue weighted by Gasteiger charge is -2.35. The second-order valence-corrected chi connectivity index (χ2v) is 28.5. The van der Waals surface area contributed by atoms with Gasteiger partial charge in [-0.05, 0) is 38.8 Å². The highest BCUT2D eigenvalue weighted by molar-refractivity contribution is 5.78. The van der Waals surface area contributed by atoms with E-state index < -0.39 is 0 Å². The first-order chi connectivity index (χ1) is 42.5. The van der Waals surface area contributed by atoms with Crippen LogP contribution in [0.1, 0.15) is 439 Å². The lowest BCUT2D eigenvalue weighted by atomic mass is 10.0. The number of hydrogen-bond acceptors (Lipinski definition) is 4. The van der Waals surface area contributed by atoms with Crippen LogP contribution >= 0.6 is 0 Å². The van der Waals surface area contributed by atoms with Gasteiger partial charge in [-0.3, -0.25) is 9.59 Å². The van der Waals surface area contributed by atoms with Crippen LogP contribution in [0.4, 0.5) is 0 Å². The Hall–Kier alpha value is -1.14. The van der Waals surface area contributed by atoms with Crippen molar-refractivity contribution >= 4 is 11.8 Å². The molecule has 2 amide bonds. The van der Waals surface area contributed by atoms with Gasteiger partial charge in [0.25, 0.3) is 0 Å². The van der Waals surface area contributed by atoms with Gasteiger partial charge < -0.3 is 19.6 Å². The molecule has 0 spiro atoms. The zero-order chi connectivity index (χ0) is 61.8. The van der Waals surface area contributed by atoms with Gasteiger partial charge in [-0.15, -0.1) is 0 Å². The van der Waals surface area contributed by atoms with E-state index in [0.717, 1.165) is 39.0 Å². The van der Waals surface area contributed by atoms with Crippen molar-refractivity contribution in [2.75, 3.05) is 65.4 Å². The Morgan fingerprint density at radius 2 is 0.326 bits per heavy atom. The normalized spacial score (nSPS) is 14.1. The molecule has 2 aliphatic heterocycles. The molecule has 2 fully saturated rings. The summed E-state index contributed by atoms with van der Waals surface area (Å²) in [6.07, 6.45) is 88.9. The zero-order valence-corrected chi connectivity index (χ0v) is 59.9. The van der Waals surface area contributed by atoms with Crippen molar-refractivity contribution in [1.82, 2.24) is 19.6 Å². The van der Waals surface area contributed by atoms with Crippen LogP contribution < -0.4 is 0 Å². The number of carbonyl (C=O) groups excluding carboxylic acids is 2. The third-order valence-corrected chi connectivity index (χ3v) is 20.1. The fourth-order valence-electron chi connectivity index (χ4n) is 13.8. The Labute approximate surface area is 542 Å². The molecule has 512 valence electrons. The summed E-state index contributed by atoms with van der Waals surface area (Å²) in [4.78, 5) is 34.8. The van der Waals surface area contributed by atoms with Gasteiger partial charge in [0.15, 0.2) is 0 Å². The van der Waals surface area contributed by atoms with Crippen LogP contribution in [0.15, 0.2) is 0 Å². The smallest absolute Gasteiger partial charge is 0.222 e. The lowest BCUT2D eigenvalue weighted by molar-refractivity contribution is -0.139. The van der Waals surface area contributed by atoms with Crippen LogP contribution in [0.3, 0.4) is 0 Å². The molecular formula is C80H160N4O2. The largest absolute Gasteiger partial charge is 0.339 e. The van der Waals surface area contributed by atoms with E-state index in [9.17, 15) is 9.59 Å². The topological polar surface area (TPSA) is 47.1 Å². The van der Waals surface area contributed by atoms with E-state index in [0.29, 0.717) is 24.7 Å². The first kappa shape index (κ1) is 82.9. The van der Waals surface area contributed by atoms with Crippen LogP contribution in [0.25, 0.3) is 0 Å². The molecule has 0 aromatic rings. The lowest BCUT2D eigenvalue weighted by Crippen LogP contribution is -2.50. The average molecular weight is 1210 g/mol. The van der Waals surface area contributed by atoms with Crippen molar-refractivity contribution in [2.45, 2.75) is 439 Å². The Bertz CT molecular complexity index is 1210. The number of rotatable bonds is 66. The molecule has 0 saturated carbocycles. The molecule has 86 heavy (non-hydrogen) atoms. The fourth-order valence-corrected chi connectivity index (χ4v) is 13.8. The number of hydrogen-bond donors (Lipinski definition) is 0. The summed E-state index contributed by atoms with van der Waals surface area (Å²) in [6, 6.07) is 0. The van der Waals surface area contributed by atoms with E-state index in [2.05, 4.69) is 37.5 Å². The molecule has 2 heterocycles. The second-order valence-electron chi connectivity index (χ2n) is 28.5. The van der Waals surface area contributed by atoms with Gasteiger partial charge in [0.05, 0.1) is 0 Å². The maximum absolute atomic E-state index is 12.7. The molecule has 6 nitrogen and oxygen atoms in total. The Morgan fingerprint density at radius 1 is 0.186 bits per heavy atom. The number of carbonyl (C=O) groups is 2. The first-order valence-corrected chi connectivity index (χ1v) is 40.6. The molecule has 2 rings (SSSR count). The van der Waals surface area contributed by atoms with Gasteiger partial charge in [0.1, 0.15) is 0 Å². The summed E-state index contributed by atoms with van der Waals surface area (Å²) < 4.78 is 0. The molecule has 0 aromatic carbocycles. The maximum Gasteiger partial charge on any atom is 0.222 e. The molecule has 2 saturated heterocycles. The van der Waals surface area contributed by atoms with E-state index in [4.69, 9.17) is 0 Å². The summed E-state index contributed by atoms with van der Waals surface area (Å²) in [7, 11) is 0. The number of unbranched alkanes of at least 4 members (excludes halogenated alkanes) is 58. The molecule has 0 aromatic heterocycles. The van der Waals surface area contributed by atoms with Crippen molar-refractivity contribution in [1.29, 1.82) is 0 Å².